The molecule has 0 unspecified atom stereocenters. The van der Waals surface area contributed by atoms with Crippen molar-refractivity contribution in [2.75, 3.05) is 4.90 Å². The molecule has 4 rings (SSSR count). The van der Waals surface area contributed by atoms with Gasteiger partial charge in [0.25, 0.3) is 11.4 Å². The van der Waals surface area contributed by atoms with Crippen LogP contribution in [0.25, 0.3) is 0 Å². The van der Waals surface area contributed by atoms with Crippen molar-refractivity contribution >= 4 is 22.8 Å². The van der Waals surface area contributed by atoms with Gasteiger partial charge in [0, 0.05) is 42.3 Å². The van der Waals surface area contributed by atoms with Crippen LogP contribution in [-0.4, -0.2) is 15.6 Å². The molecule has 0 aromatic heterocycles. The van der Waals surface area contributed by atoms with Crippen molar-refractivity contribution < 1.29 is 14.6 Å². The first-order chi connectivity index (χ1) is 15.8. The van der Waals surface area contributed by atoms with Crippen LogP contribution >= 0.6 is 0 Å². The lowest BCUT2D eigenvalue weighted by Gasteiger charge is -2.47. The van der Waals surface area contributed by atoms with E-state index in [1.54, 1.807) is 24.3 Å². The molecule has 0 amide bonds. The van der Waals surface area contributed by atoms with Gasteiger partial charge in [-0.1, -0.05) is 48.9 Å². The van der Waals surface area contributed by atoms with E-state index in [-0.39, 0.29) is 41.6 Å². The minimum absolute atomic E-state index is 0.0111. The van der Waals surface area contributed by atoms with Gasteiger partial charge in [-0.05, 0) is 30.2 Å². The Morgan fingerprint density at radius 3 is 1.76 bits per heavy atom. The maximum atomic E-state index is 13.1. The largest absolute Gasteiger partial charge is 0.356 e. The number of hydrogen-bond donors (Lipinski definition) is 0. The average molecular weight is 445 g/mol. The predicted molar refractivity (Wildman–Crippen MR) is 124 cm³/mol. The summed E-state index contributed by atoms with van der Waals surface area (Å²) in [7, 11) is 0. The molecule has 8 nitrogen and oxygen atoms in total. The van der Waals surface area contributed by atoms with Crippen molar-refractivity contribution in [3.63, 3.8) is 0 Å². The number of rotatable bonds is 5. The minimum Gasteiger partial charge on any atom is -0.356 e. The highest BCUT2D eigenvalue weighted by Gasteiger charge is 2.41. The number of benzene rings is 3. The SMILES string of the molecule is Cc1ccc(N2[C@H](c3ccc([N+](=O)[O-])cc3)CC(=O)[C@H](C)[C@@H]2c2ccc([N+](=O)[O-])cc2)cc1. The molecule has 0 spiro atoms. The predicted octanol–water partition coefficient (Wildman–Crippen LogP) is 5.71. The van der Waals surface area contributed by atoms with E-state index >= 15 is 0 Å². The van der Waals surface area contributed by atoms with Crippen LogP contribution in [-0.2, 0) is 4.79 Å². The third kappa shape index (κ3) is 4.32. The Hall–Kier alpha value is -4.07. The van der Waals surface area contributed by atoms with Crippen LogP contribution in [0, 0.1) is 33.1 Å². The van der Waals surface area contributed by atoms with Gasteiger partial charge in [0.2, 0.25) is 0 Å². The normalized spacial score (nSPS) is 20.5. The molecule has 0 N–H and O–H groups in total. The number of hydrogen-bond acceptors (Lipinski definition) is 6. The van der Waals surface area contributed by atoms with Crippen molar-refractivity contribution in [2.24, 2.45) is 5.92 Å². The first kappa shape index (κ1) is 22.1. The number of ketones is 1. The molecule has 0 saturated carbocycles. The first-order valence-corrected chi connectivity index (χ1v) is 10.6. The van der Waals surface area contributed by atoms with Crippen LogP contribution in [0.4, 0.5) is 17.1 Å². The van der Waals surface area contributed by atoms with Crippen LogP contribution in [0.1, 0.15) is 42.1 Å². The van der Waals surface area contributed by atoms with E-state index in [4.69, 9.17) is 0 Å². The number of anilines is 1. The van der Waals surface area contributed by atoms with Crippen LogP contribution in [0.15, 0.2) is 72.8 Å². The number of carbonyl (C=O) groups is 1. The molecule has 168 valence electrons. The summed E-state index contributed by atoms with van der Waals surface area (Å²) in [6.45, 7) is 3.87. The first-order valence-electron chi connectivity index (χ1n) is 10.6. The highest BCUT2D eigenvalue weighted by Crippen LogP contribution is 2.46. The summed E-state index contributed by atoms with van der Waals surface area (Å²) in [5.74, 6) is -0.271. The number of Topliss-reactive ketones (excluding diaryl/α,β-unsaturated/α-hetero) is 1. The van der Waals surface area contributed by atoms with E-state index in [1.807, 2.05) is 38.1 Å². The van der Waals surface area contributed by atoms with Gasteiger partial charge in [-0.3, -0.25) is 25.0 Å². The fourth-order valence-electron chi connectivity index (χ4n) is 4.48. The van der Waals surface area contributed by atoms with Gasteiger partial charge < -0.3 is 4.90 Å². The second-order valence-electron chi connectivity index (χ2n) is 8.36. The molecule has 0 bridgehead atoms. The zero-order valence-electron chi connectivity index (χ0n) is 18.3. The Morgan fingerprint density at radius 1 is 0.788 bits per heavy atom. The van der Waals surface area contributed by atoms with E-state index in [2.05, 4.69) is 4.90 Å². The van der Waals surface area contributed by atoms with Crippen molar-refractivity contribution in [2.45, 2.75) is 32.4 Å². The number of aryl methyl sites for hydroxylation is 1. The topological polar surface area (TPSA) is 107 Å². The van der Waals surface area contributed by atoms with Gasteiger partial charge in [0.05, 0.1) is 21.9 Å². The molecule has 0 radical (unpaired) electrons. The van der Waals surface area contributed by atoms with Crippen molar-refractivity contribution in [3.05, 3.63) is 110 Å². The highest BCUT2D eigenvalue weighted by atomic mass is 16.6. The second-order valence-corrected chi connectivity index (χ2v) is 8.36. The van der Waals surface area contributed by atoms with Crippen molar-refractivity contribution in [3.8, 4) is 0 Å². The lowest BCUT2D eigenvalue weighted by atomic mass is 9.79. The van der Waals surface area contributed by atoms with Crippen LogP contribution in [0.3, 0.4) is 0 Å². The molecule has 3 aromatic rings. The number of piperidine rings is 1. The number of nitro benzene ring substituents is 2. The molecular weight excluding hydrogens is 422 g/mol. The minimum atomic E-state index is -0.449. The molecule has 3 atom stereocenters. The zero-order valence-corrected chi connectivity index (χ0v) is 18.3. The Morgan fingerprint density at radius 2 is 1.27 bits per heavy atom. The Bertz CT molecular complexity index is 1190. The molecule has 1 aliphatic rings. The zero-order chi connectivity index (χ0) is 23.7. The monoisotopic (exact) mass is 445 g/mol. The number of non-ortho nitro benzene ring substituents is 2. The maximum Gasteiger partial charge on any atom is 0.269 e. The van der Waals surface area contributed by atoms with Gasteiger partial charge in [0.1, 0.15) is 5.78 Å². The smallest absolute Gasteiger partial charge is 0.269 e. The van der Waals surface area contributed by atoms with Gasteiger partial charge in [-0.15, -0.1) is 0 Å². The Kier molecular flexibility index (Phi) is 5.91. The molecular formula is C25H23N3O5. The van der Waals surface area contributed by atoms with E-state index < -0.39 is 9.85 Å². The van der Waals surface area contributed by atoms with Gasteiger partial charge in [0.15, 0.2) is 0 Å². The summed E-state index contributed by atoms with van der Waals surface area (Å²) in [5, 5.41) is 22.2. The number of nitrogens with zero attached hydrogens (tertiary/aromatic N) is 3. The summed E-state index contributed by atoms with van der Waals surface area (Å²) >= 11 is 0. The summed E-state index contributed by atoms with van der Waals surface area (Å²) < 4.78 is 0. The van der Waals surface area contributed by atoms with Crippen LogP contribution in [0.2, 0.25) is 0 Å². The average Bonchev–Trinajstić information content (AvgIpc) is 2.81. The number of carbonyl (C=O) groups excluding carboxylic acids is 1. The molecule has 1 saturated heterocycles. The van der Waals surface area contributed by atoms with Gasteiger partial charge in [-0.2, -0.15) is 0 Å². The fraction of sp³-hybridized carbons (Fsp3) is 0.240. The lowest BCUT2D eigenvalue weighted by Crippen LogP contribution is -2.45. The standard InChI is InChI=1S/C25H23N3O5/c1-16-3-9-20(10-4-16)26-23(18-5-11-21(12-6-18)27(30)31)15-24(29)17(2)25(26)19-7-13-22(14-8-19)28(32)33/h3-14,17,23,25H,15H2,1-2H3/t17-,23-,25+/m0/s1. The third-order valence-corrected chi connectivity index (χ3v) is 6.28. The maximum absolute atomic E-state index is 13.1. The summed E-state index contributed by atoms with van der Waals surface area (Å²) in [4.78, 5) is 36.6. The summed E-state index contributed by atoms with van der Waals surface area (Å²) in [6.07, 6.45) is 0.260. The Balaban J connectivity index is 1.84. The number of nitro groups is 2. The Labute approximate surface area is 190 Å². The third-order valence-electron chi connectivity index (χ3n) is 6.28. The summed E-state index contributed by atoms with van der Waals surface area (Å²) in [6, 6.07) is 19.9. The second kappa shape index (κ2) is 8.82. The van der Waals surface area contributed by atoms with Crippen molar-refractivity contribution in [1.82, 2.24) is 0 Å². The van der Waals surface area contributed by atoms with Crippen LogP contribution < -0.4 is 4.90 Å². The molecule has 1 aliphatic heterocycles. The molecule has 0 aliphatic carbocycles. The van der Waals surface area contributed by atoms with E-state index in [0.29, 0.717) is 0 Å². The highest BCUT2D eigenvalue weighted by molar-refractivity contribution is 5.85. The molecule has 3 aromatic carbocycles. The van der Waals surface area contributed by atoms with Gasteiger partial charge in [-0.25, -0.2) is 0 Å². The van der Waals surface area contributed by atoms with E-state index in [9.17, 15) is 25.0 Å². The molecule has 8 heteroatoms. The van der Waals surface area contributed by atoms with E-state index in [0.717, 1.165) is 22.4 Å². The molecule has 33 heavy (non-hydrogen) atoms. The molecule has 1 fully saturated rings. The fourth-order valence-corrected chi connectivity index (χ4v) is 4.48. The van der Waals surface area contributed by atoms with Crippen LogP contribution in [0.5, 0.6) is 0 Å². The quantitative estimate of drug-likeness (QED) is 0.368. The molecule has 1 heterocycles. The van der Waals surface area contributed by atoms with Gasteiger partial charge >= 0.3 is 0 Å². The summed E-state index contributed by atoms with van der Waals surface area (Å²) in [5.41, 5.74) is 3.58. The van der Waals surface area contributed by atoms with Crippen molar-refractivity contribution in [1.29, 1.82) is 0 Å². The van der Waals surface area contributed by atoms with E-state index in [1.165, 1.54) is 24.3 Å². The lowest BCUT2D eigenvalue weighted by molar-refractivity contribution is -0.385.